The Kier molecular flexibility index (Phi) is 3.71. The van der Waals surface area contributed by atoms with Crippen molar-refractivity contribution < 1.29 is 13.9 Å². The number of rotatable bonds is 4. The first kappa shape index (κ1) is 16.6. The largest absolute Gasteiger partial charge is 0.481 e. The van der Waals surface area contributed by atoms with Crippen molar-refractivity contribution in [1.82, 2.24) is 19.9 Å². The van der Waals surface area contributed by atoms with Crippen molar-refractivity contribution in [2.75, 3.05) is 12.4 Å². The van der Waals surface area contributed by atoms with E-state index in [0.717, 1.165) is 29.3 Å². The van der Waals surface area contributed by atoms with Gasteiger partial charge in [-0.15, -0.1) is 0 Å². The SMILES string of the molecule is COc1ccc2oc(-c3cnc(C)c4cnc(NC(=O)C5CC5)cc34)nc2n1. The molecule has 0 unspecified atom stereocenters. The number of hydrogen-bond acceptors (Lipinski definition) is 7. The highest BCUT2D eigenvalue weighted by molar-refractivity contribution is 6.00. The summed E-state index contributed by atoms with van der Waals surface area (Å²) in [5.74, 6) is 1.49. The van der Waals surface area contributed by atoms with Crippen LogP contribution in [0, 0.1) is 12.8 Å². The topological polar surface area (TPSA) is 103 Å². The molecule has 1 aliphatic carbocycles. The molecule has 0 aliphatic heterocycles. The van der Waals surface area contributed by atoms with Gasteiger partial charge in [-0.3, -0.25) is 9.78 Å². The molecule has 0 spiro atoms. The molecule has 0 saturated heterocycles. The normalized spacial score (nSPS) is 13.8. The summed E-state index contributed by atoms with van der Waals surface area (Å²) in [6.07, 6.45) is 5.31. The molecule has 4 heterocycles. The van der Waals surface area contributed by atoms with E-state index in [0.29, 0.717) is 34.4 Å². The van der Waals surface area contributed by atoms with Gasteiger partial charge in [0, 0.05) is 40.8 Å². The van der Waals surface area contributed by atoms with E-state index in [1.807, 2.05) is 13.0 Å². The van der Waals surface area contributed by atoms with Crippen molar-refractivity contribution in [2.24, 2.45) is 5.92 Å². The lowest BCUT2D eigenvalue weighted by Crippen LogP contribution is -2.14. The molecule has 28 heavy (non-hydrogen) atoms. The second-order valence-electron chi connectivity index (χ2n) is 6.83. The van der Waals surface area contributed by atoms with Crippen molar-refractivity contribution in [1.29, 1.82) is 0 Å². The number of nitrogens with one attached hydrogen (secondary N) is 1. The molecule has 0 atom stereocenters. The fourth-order valence-corrected chi connectivity index (χ4v) is 3.11. The third-order valence-electron chi connectivity index (χ3n) is 4.84. The smallest absolute Gasteiger partial charge is 0.231 e. The van der Waals surface area contributed by atoms with Crippen molar-refractivity contribution in [3.05, 3.63) is 36.3 Å². The number of oxazole rings is 1. The van der Waals surface area contributed by atoms with Crippen LogP contribution in [0.25, 0.3) is 33.5 Å². The van der Waals surface area contributed by atoms with Crippen molar-refractivity contribution in [3.8, 4) is 17.3 Å². The predicted octanol–water partition coefficient (Wildman–Crippen LogP) is 3.50. The second kappa shape index (κ2) is 6.26. The highest BCUT2D eigenvalue weighted by Gasteiger charge is 2.30. The number of anilines is 1. The zero-order valence-electron chi connectivity index (χ0n) is 15.4. The first-order valence-corrected chi connectivity index (χ1v) is 9.00. The Morgan fingerprint density at radius 2 is 2.04 bits per heavy atom. The van der Waals surface area contributed by atoms with E-state index in [-0.39, 0.29) is 11.8 Å². The Morgan fingerprint density at radius 1 is 1.18 bits per heavy atom. The number of carbonyl (C=O) groups excluding carboxylic acids is 1. The quantitative estimate of drug-likeness (QED) is 0.582. The molecule has 5 rings (SSSR count). The average molecular weight is 375 g/mol. The Bertz CT molecular complexity index is 1230. The summed E-state index contributed by atoms with van der Waals surface area (Å²) in [5, 5.41) is 4.61. The van der Waals surface area contributed by atoms with E-state index in [1.165, 1.54) is 0 Å². The zero-order valence-corrected chi connectivity index (χ0v) is 15.4. The Balaban J connectivity index is 1.63. The molecule has 0 bridgehead atoms. The van der Waals surface area contributed by atoms with Crippen LogP contribution < -0.4 is 10.1 Å². The summed E-state index contributed by atoms with van der Waals surface area (Å²) in [7, 11) is 1.55. The van der Waals surface area contributed by atoms with Gasteiger partial charge in [-0.1, -0.05) is 0 Å². The fourth-order valence-electron chi connectivity index (χ4n) is 3.11. The lowest BCUT2D eigenvalue weighted by Gasteiger charge is -2.08. The van der Waals surface area contributed by atoms with Gasteiger partial charge >= 0.3 is 0 Å². The van der Waals surface area contributed by atoms with Gasteiger partial charge in [0.2, 0.25) is 23.3 Å². The molecule has 4 aromatic rings. The number of fused-ring (bicyclic) bond motifs is 2. The molecule has 1 fully saturated rings. The minimum atomic E-state index is 0.0114. The molecule has 4 aromatic heterocycles. The lowest BCUT2D eigenvalue weighted by molar-refractivity contribution is -0.117. The Labute approximate surface area is 160 Å². The summed E-state index contributed by atoms with van der Waals surface area (Å²) in [6.45, 7) is 1.91. The van der Waals surface area contributed by atoms with Crippen LogP contribution in [0.3, 0.4) is 0 Å². The second-order valence-corrected chi connectivity index (χ2v) is 6.83. The number of pyridine rings is 3. The van der Waals surface area contributed by atoms with Crippen LogP contribution in [0.5, 0.6) is 5.88 Å². The van der Waals surface area contributed by atoms with Crippen LogP contribution in [0.2, 0.25) is 0 Å². The average Bonchev–Trinajstić information content (AvgIpc) is 3.47. The number of aryl methyl sites for hydroxylation is 1. The zero-order chi connectivity index (χ0) is 19.3. The molecule has 1 N–H and O–H groups in total. The summed E-state index contributed by atoms with van der Waals surface area (Å²) in [4.78, 5) is 29.7. The number of ether oxygens (including phenoxy) is 1. The number of nitrogens with zero attached hydrogens (tertiary/aromatic N) is 4. The molecule has 0 aromatic carbocycles. The van der Waals surface area contributed by atoms with E-state index < -0.39 is 0 Å². The number of hydrogen-bond donors (Lipinski definition) is 1. The monoisotopic (exact) mass is 375 g/mol. The van der Waals surface area contributed by atoms with Crippen molar-refractivity contribution >= 4 is 33.7 Å². The molecule has 1 amide bonds. The lowest BCUT2D eigenvalue weighted by atomic mass is 10.1. The van der Waals surface area contributed by atoms with E-state index >= 15 is 0 Å². The summed E-state index contributed by atoms with van der Waals surface area (Å²) in [6, 6.07) is 5.32. The Hall–Kier alpha value is -3.55. The van der Waals surface area contributed by atoms with Crippen LogP contribution in [-0.4, -0.2) is 33.0 Å². The Morgan fingerprint density at radius 3 is 2.82 bits per heavy atom. The third-order valence-corrected chi connectivity index (χ3v) is 4.84. The van der Waals surface area contributed by atoms with Crippen LogP contribution in [-0.2, 0) is 4.79 Å². The molecule has 1 saturated carbocycles. The highest BCUT2D eigenvalue weighted by atomic mass is 16.5. The van der Waals surface area contributed by atoms with Gasteiger partial charge in [-0.05, 0) is 31.9 Å². The number of amides is 1. The molecule has 0 radical (unpaired) electrons. The van der Waals surface area contributed by atoms with Crippen LogP contribution in [0.1, 0.15) is 18.5 Å². The van der Waals surface area contributed by atoms with Gasteiger partial charge in [0.25, 0.3) is 0 Å². The molecule has 8 nitrogen and oxygen atoms in total. The number of methoxy groups -OCH3 is 1. The van der Waals surface area contributed by atoms with E-state index in [9.17, 15) is 4.79 Å². The highest BCUT2D eigenvalue weighted by Crippen LogP contribution is 2.33. The first-order valence-electron chi connectivity index (χ1n) is 9.00. The summed E-state index contributed by atoms with van der Waals surface area (Å²) in [5.41, 5.74) is 2.56. The summed E-state index contributed by atoms with van der Waals surface area (Å²) >= 11 is 0. The minimum absolute atomic E-state index is 0.0114. The number of aromatic nitrogens is 4. The first-order chi connectivity index (χ1) is 13.6. The maximum Gasteiger partial charge on any atom is 0.231 e. The van der Waals surface area contributed by atoms with Crippen LogP contribution in [0.15, 0.2) is 35.0 Å². The predicted molar refractivity (Wildman–Crippen MR) is 103 cm³/mol. The van der Waals surface area contributed by atoms with Gasteiger partial charge in [0.1, 0.15) is 5.82 Å². The maximum atomic E-state index is 12.1. The van der Waals surface area contributed by atoms with Gasteiger partial charge in [-0.25, -0.2) is 4.98 Å². The van der Waals surface area contributed by atoms with E-state index in [4.69, 9.17) is 9.15 Å². The van der Waals surface area contributed by atoms with Gasteiger partial charge < -0.3 is 14.5 Å². The fraction of sp³-hybridized carbons (Fsp3) is 0.250. The maximum absolute atomic E-state index is 12.1. The summed E-state index contributed by atoms with van der Waals surface area (Å²) < 4.78 is 11.0. The standard InChI is InChI=1S/C20H17N5O3/c1-10-13-8-22-16(23-19(26)11-3-4-11)7-12(13)14(9-21-10)20-25-18-15(28-20)5-6-17(24-18)27-2/h5-9,11H,3-4H2,1-2H3,(H,22,23,26). The molecular weight excluding hydrogens is 358 g/mol. The molecular formula is C20H17N5O3. The van der Waals surface area contributed by atoms with Gasteiger partial charge in [-0.2, -0.15) is 9.97 Å². The van der Waals surface area contributed by atoms with Crippen molar-refractivity contribution in [3.63, 3.8) is 0 Å². The van der Waals surface area contributed by atoms with Crippen LogP contribution in [0.4, 0.5) is 5.82 Å². The van der Waals surface area contributed by atoms with E-state index in [2.05, 4.69) is 25.3 Å². The van der Waals surface area contributed by atoms with Crippen LogP contribution >= 0.6 is 0 Å². The molecule has 1 aliphatic rings. The minimum Gasteiger partial charge on any atom is -0.481 e. The van der Waals surface area contributed by atoms with Gasteiger partial charge in [0.05, 0.1) is 12.7 Å². The van der Waals surface area contributed by atoms with Gasteiger partial charge in [0.15, 0.2) is 5.58 Å². The number of carbonyl (C=O) groups is 1. The third kappa shape index (κ3) is 2.83. The molecule has 8 heteroatoms. The molecule has 140 valence electrons. The van der Waals surface area contributed by atoms with Crippen molar-refractivity contribution in [2.45, 2.75) is 19.8 Å². The van der Waals surface area contributed by atoms with E-state index in [1.54, 1.807) is 31.6 Å².